The third kappa shape index (κ3) is 2.86. The molecule has 0 aliphatic carbocycles. The maximum absolute atomic E-state index is 4.85. The van der Waals surface area contributed by atoms with E-state index < -0.39 is 0 Å². The van der Waals surface area contributed by atoms with Gasteiger partial charge in [0.1, 0.15) is 0 Å². The smallest absolute Gasteiger partial charge is 0.186 e. The van der Waals surface area contributed by atoms with E-state index in [1.54, 1.807) is 0 Å². The molecule has 1 aliphatic rings. The summed E-state index contributed by atoms with van der Waals surface area (Å²) in [6, 6.07) is 0.632. The molecule has 1 fully saturated rings. The molecule has 102 valence electrons. The second-order valence-electron chi connectivity index (χ2n) is 5.42. The molecule has 3 nitrogen and oxygen atoms in total. The van der Waals surface area contributed by atoms with Gasteiger partial charge < -0.3 is 10.2 Å². The number of nitrogens with one attached hydrogen (secondary N) is 1. The van der Waals surface area contributed by atoms with Crippen molar-refractivity contribution in [3.05, 3.63) is 10.6 Å². The number of anilines is 1. The number of aryl methyl sites for hydroxylation is 1. The molecule has 2 unspecified atom stereocenters. The van der Waals surface area contributed by atoms with E-state index in [1.165, 1.54) is 28.5 Å². The third-order valence-corrected chi connectivity index (χ3v) is 4.96. The Morgan fingerprint density at radius 3 is 2.83 bits per heavy atom. The van der Waals surface area contributed by atoms with Gasteiger partial charge in [0, 0.05) is 24.0 Å². The van der Waals surface area contributed by atoms with Crippen molar-refractivity contribution in [1.29, 1.82) is 0 Å². The van der Waals surface area contributed by atoms with Gasteiger partial charge in [-0.25, -0.2) is 4.98 Å². The van der Waals surface area contributed by atoms with Crippen LogP contribution in [0, 0.1) is 5.92 Å². The lowest BCUT2D eigenvalue weighted by Crippen LogP contribution is -2.40. The molecule has 1 aliphatic heterocycles. The lowest BCUT2D eigenvalue weighted by atomic mass is 9.94. The van der Waals surface area contributed by atoms with Crippen LogP contribution < -0.4 is 10.2 Å². The maximum Gasteiger partial charge on any atom is 0.186 e. The molecular weight excluding hydrogens is 242 g/mol. The average molecular weight is 267 g/mol. The third-order valence-electron chi connectivity index (χ3n) is 3.82. The second-order valence-corrected chi connectivity index (χ2v) is 6.48. The van der Waals surface area contributed by atoms with Gasteiger partial charge in [0.2, 0.25) is 0 Å². The molecule has 2 atom stereocenters. The van der Waals surface area contributed by atoms with Gasteiger partial charge in [-0.05, 0) is 39.2 Å². The zero-order valence-electron chi connectivity index (χ0n) is 12.0. The van der Waals surface area contributed by atoms with Crippen LogP contribution in [0.15, 0.2) is 0 Å². The SMILES string of the molecule is CCc1nc(N2CCC(C)CC2C)sc1CNC. The standard InChI is InChI=1S/C14H25N3S/c1-5-12-13(9-15-4)18-14(16-12)17-7-6-10(2)8-11(17)3/h10-11,15H,5-9H2,1-4H3. The summed E-state index contributed by atoms with van der Waals surface area (Å²) in [4.78, 5) is 8.76. The Morgan fingerprint density at radius 1 is 1.44 bits per heavy atom. The highest BCUT2D eigenvalue weighted by Crippen LogP contribution is 2.32. The van der Waals surface area contributed by atoms with E-state index in [2.05, 4.69) is 31.0 Å². The van der Waals surface area contributed by atoms with Crippen molar-refractivity contribution in [3.8, 4) is 0 Å². The number of rotatable bonds is 4. The van der Waals surface area contributed by atoms with E-state index in [-0.39, 0.29) is 0 Å². The fourth-order valence-electron chi connectivity index (χ4n) is 2.76. The maximum atomic E-state index is 4.85. The molecule has 0 aromatic carbocycles. The van der Waals surface area contributed by atoms with Crippen LogP contribution in [0.3, 0.4) is 0 Å². The monoisotopic (exact) mass is 267 g/mol. The Bertz CT molecular complexity index is 388. The fourth-order valence-corrected chi connectivity index (χ4v) is 4.05. The van der Waals surface area contributed by atoms with Gasteiger partial charge in [0.15, 0.2) is 5.13 Å². The van der Waals surface area contributed by atoms with Gasteiger partial charge >= 0.3 is 0 Å². The van der Waals surface area contributed by atoms with E-state index in [0.29, 0.717) is 6.04 Å². The van der Waals surface area contributed by atoms with E-state index in [9.17, 15) is 0 Å². The topological polar surface area (TPSA) is 28.2 Å². The summed E-state index contributed by atoms with van der Waals surface area (Å²) >= 11 is 1.87. The molecule has 4 heteroatoms. The molecule has 0 saturated carbocycles. The molecule has 2 rings (SSSR count). The van der Waals surface area contributed by atoms with Gasteiger partial charge in [0.25, 0.3) is 0 Å². The van der Waals surface area contributed by atoms with Gasteiger partial charge in [-0.1, -0.05) is 13.8 Å². The summed E-state index contributed by atoms with van der Waals surface area (Å²) < 4.78 is 0. The zero-order chi connectivity index (χ0) is 13.1. The van der Waals surface area contributed by atoms with Crippen molar-refractivity contribution in [3.63, 3.8) is 0 Å². The number of hydrogen-bond donors (Lipinski definition) is 1. The lowest BCUT2D eigenvalue weighted by molar-refractivity contribution is 0.377. The van der Waals surface area contributed by atoms with Crippen LogP contribution in [-0.2, 0) is 13.0 Å². The van der Waals surface area contributed by atoms with Gasteiger partial charge in [-0.3, -0.25) is 0 Å². The fraction of sp³-hybridized carbons (Fsp3) is 0.786. The van der Waals surface area contributed by atoms with Crippen molar-refractivity contribution in [2.75, 3.05) is 18.5 Å². The van der Waals surface area contributed by atoms with E-state index >= 15 is 0 Å². The first kappa shape index (κ1) is 13.8. The van der Waals surface area contributed by atoms with E-state index in [1.807, 2.05) is 18.4 Å². The Hall–Kier alpha value is -0.610. The summed E-state index contributed by atoms with van der Waals surface area (Å²) in [5.41, 5.74) is 1.27. The first-order chi connectivity index (χ1) is 8.65. The van der Waals surface area contributed by atoms with Gasteiger partial charge in [0.05, 0.1) is 5.69 Å². The van der Waals surface area contributed by atoms with Crippen LogP contribution in [0.4, 0.5) is 5.13 Å². The molecule has 0 bridgehead atoms. The highest BCUT2D eigenvalue weighted by atomic mass is 32.1. The molecule has 0 radical (unpaired) electrons. The Morgan fingerprint density at radius 2 is 2.22 bits per heavy atom. The average Bonchev–Trinajstić information content (AvgIpc) is 2.72. The quantitative estimate of drug-likeness (QED) is 0.909. The molecule has 1 aromatic rings. The Balaban J connectivity index is 2.17. The number of aromatic nitrogens is 1. The second kappa shape index (κ2) is 6.02. The largest absolute Gasteiger partial charge is 0.345 e. The molecule has 0 spiro atoms. The summed E-state index contributed by atoms with van der Waals surface area (Å²) in [6.45, 7) is 9.00. The lowest BCUT2D eigenvalue weighted by Gasteiger charge is -2.36. The number of hydrogen-bond acceptors (Lipinski definition) is 4. The van der Waals surface area contributed by atoms with Crippen molar-refractivity contribution >= 4 is 16.5 Å². The predicted octanol–water partition coefficient (Wildman–Crippen LogP) is 3.05. The van der Waals surface area contributed by atoms with Gasteiger partial charge in [-0.15, -0.1) is 11.3 Å². The zero-order valence-corrected chi connectivity index (χ0v) is 12.8. The minimum Gasteiger partial charge on any atom is -0.345 e. The van der Waals surface area contributed by atoms with Crippen molar-refractivity contribution in [2.45, 2.75) is 52.6 Å². The molecule has 1 saturated heterocycles. The van der Waals surface area contributed by atoms with Crippen molar-refractivity contribution < 1.29 is 0 Å². The first-order valence-electron chi connectivity index (χ1n) is 7.05. The first-order valence-corrected chi connectivity index (χ1v) is 7.87. The highest BCUT2D eigenvalue weighted by Gasteiger charge is 2.25. The minimum absolute atomic E-state index is 0.632. The van der Waals surface area contributed by atoms with Gasteiger partial charge in [-0.2, -0.15) is 0 Å². The Labute approximate surface area is 115 Å². The van der Waals surface area contributed by atoms with E-state index in [4.69, 9.17) is 4.98 Å². The molecule has 2 heterocycles. The van der Waals surface area contributed by atoms with Crippen molar-refractivity contribution in [1.82, 2.24) is 10.3 Å². The van der Waals surface area contributed by atoms with Crippen molar-refractivity contribution in [2.24, 2.45) is 5.92 Å². The minimum atomic E-state index is 0.632. The molecule has 0 amide bonds. The Kier molecular flexibility index (Phi) is 4.62. The van der Waals surface area contributed by atoms with Crippen LogP contribution in [-0.4, -0.2) is 24.6 Å². The normalized spacial score (nSPS) is 24.6. The number of thiazole rings is 1. The molecule has 1 N–H and O–H groups in total. The van der Waals surface area contributed by atoms with Crippen LogP contribution in [0.1, 0.15) is 44.2 Å². The van der Waals surface area contributed by atoms with Crippen LogP contribution in [0.25, 0.3) is 0 Å². The van der Waals surface area contributed by atoms with E-state index in [0.717, 1.165) is 25.4 Å². The molecule has 1 aromatic heterocycles. The highest BCUT2D eigenvalue weighted by molar-refractivity contribution is 7.15. The summed E-state index contributed by atoms with van der Waals surface area (Å²) in [5.74, 6) is 0.860. The summed E-state index contributed by atoms with van der Waals surface area (Å²) in [6.07, 6.45) is 3.63. The predicted molar refractivity (Wildman–Crippen MR) is 79.5 cm³/mol. The number of nitrogens with zero attached hydrogens (tertiary/aromatic N) is 2. The van der Waals surface area contributed by atoms with Crippen LogP contribution >= 0.6 is 11.3 Å². The van der Waals surface area contributed by atoms with Crippen LogP contribution in [0.5, 0.6) is 0 Å². The number of piperidine rings is 1. The summed E-state index contributed by atoms with van der Waals surface area (Å²) in [5, 5.41) is 4.48. The molecular formula is C14H25N3S. The summed E-state index contributed by atoms with van der Waals surface area (Å²) in [7, 11) is 2.00. The molecule has 18 heavy (non-hydrogen) atoms. The van der Waals surface area contributed by atoms with Crippen LogP contribution in [0.2, 0.25) is 0 Å².